The van der Waals surface area contributed by atoms with Gasteiger partial charge in [-0.3, -0.25) is 4.57 Å². The van der Waals surface area contributed by atoms with E-state index in [1.54, 1.807) is 0 Å². The van der Waals surface area contributed by atoms with Crippen molar-refractivity contribution in [2.45, 2.75) is 0 Å². The minimum absolute atomic E-state index is 0.806. The van der Waals surface area contributed by atoms with Crippen molar-refractivity contribution in [2.24, 2.45) is 0 Å². The third kappa shape index (κ3) is 4.44. The molecule has 0 aliphatic heterocycles. The minimum atomic E-state index is -1.50. The molecule has 7 aromatic rings. The molecule has 7 rings (SSSR count). The van der Waals surface area contributed by atoms with Crippen LogP contribution in [-0.2, 0) is 0 Å². The highest BCUT2D eigenvalue weighted by Gasteiger charge is 2.32. The minimum Gasteiger partial charge on any atom is -0.275 e. The number of nitrogens with zero attached hydrogens (tertiary/aromatic N) is 3. The molecule has 0 saturated heterocycles. The van der Waals surface area contributed by atoms with Crippen molar-refractivity contribution < 1.29 is 0 Å². The molecule has 6 aromatic carbocycles. The molecule has 0 unspecified atom stereocenters. The first kappa shape index (κ1) is 25.5. The van der Waals surface area contributed by atoms with E-state index >= 15 is 0 Å². The SMILES string of the molecule is c1ccc(-c2nnc(-c3cccc([B-](c4ccccc4)(c4ccccc4)c4ccccc4)c3)n2-c2ccccc2)cc1. The monoisotopic (exact) mass is 538 g/mol. The molecule has 0 atom stereocenters. The predicted molar refractivity (Wildman–Crippen MR) is 176 cm³/mol. The number of rotatable bonds is 7. The molecule has 0 amide bonds. The Morgan fingerprint density at radius 1 is 0.357 bits per heavy atom. The van der Waals surface area contributed by atoms with Gasteiger partial charge in [-0.05, 0) is 12.1 Å². The maximum Gasteiger partial charge on any atom is 0.168 e. The van der Waals surface area contributed by atoms with Gasteiger partial charge in [-0.2, -0.15) is 21.9 Å². The Balaban J connectivity index is 1.50. The molecule has 0 saturated carbocycles. The molecule has 200 valence electrons. The van der Waals surface area contributed by atoms with Crippen molar-refractivity contribution in [2.75, 3.05) is 0 Å². The summed E-state index contributed by atoms with van der Waals surface area (Å²) in [6, 6.07) is 62.1. The van der Waals surface area contributed by atoms with Gasteiger partial charge in [0.25, 0.3) is 0 Å². The number of aromatic nitrogens is 3. The van der Waals surface area contributed by atoms with Gasteiger partial charge >= 0.3 is 0 Å². The average molecular weight is 538 g/mol. The average Bonchev–Trinajstić information content (AvgIpc) is 3.53. The van der Waals surface area contributed by atoms with Crippen LogP contribution in [0.15, 0.2) is 176 Å². The first-order chi connectivity index (χ1) is 20.9. The van der Waals surface area contributed by atoms with E-state index in [9.17, 15) is 0 Å². The van der Waals surface area contributed by atoms with E-state index in [0.717, 1.165) is 28.5 Å². The van der Waals surface area contributed by atoms with Crippen LogP contribution in [0, 0.1) is 0 Å². The predicted octanol–water partition coefficient (Wildman–Crippen LogP) is 5.98. The van der Waals surface area contributed by atoms with Crippen molar-refractivity contribution in [1.82, 2.24) is 14.8 Å². The van der Waals surface area contributed by atoms with E-state index in [1.807, 2.05) is 24.3 Å². The van der Waals surface area contributed by atoms with E-state index in [1.165, 1.54) is 21.9 Å². The van der Waals surface area contributed by atoms with Crippen LogP contribution in [0.1, 0.15) is 0 Å². The zero-order chi connectivity index (χ0) is 28.2. The largest absolute Gasteiger partial charge is 0.275 e. The second-order valence-corrected chi connectivity index (χ2v) is 10.6. The summed E-state index contributed by atoms with van der Waals surface area (Å²) in [7, 11) is 0. The molecule has 0 radical (unpaired) electrons. The molecule has 1 heterocycles. The van der Waals surface area contributed by atoms with Gasteiger partial charge in [-0.15, -0.1) is 10.2 Å². The lowest BCUT2D eigenvalue weighted by Crippen LogP contribution is -2.74. The highest BCUT2D eigenvalue weighted by molar-refractivity contribution is 7.19. The summed E-state index contributed by atoms with van der Waals surface area (Å²) in [5.41, 5.74) is 8.07. The summed E-state index contributed by atoms with van der Waals surface area (Å²) in [6.07, 6.45) is -1.50. The van der Waals surface area contributed by atoms with Gasteiger partial charge in [0.2, 0.25) is 0 Å². The van der Waals surface area contributed by atoms with Crippen molar-refractivity contribution in [3.8, 4) is 28.5 Å². The Kier molecular flexibility index (Phi) is 6.79. The van der Waals surface area contributed by atoms with Crippen molar-refractivity contribution in [1.29, 1.82) is 0 Å². The highest BCUT2D eigenvalue weighted by Crippen LogP contribution is 2.28. The van der Waals surface area contributed by atoms with Gasteiger partial charge in [0.1, 0.15) is 6.15 Å². The zero-order valence-electron chi connectivity index (χ0n) is 23.2. The molecule has 4 heteroatoms. The molecule has 1 aromatic heterocycles. The van der Waals surface area contributed by atoms with E-state index in [4.69, 9.17) is 10.2 Å². The first-order valence-electron chi connectivity index (χ1n) is 14.3. The quantitative estimate of drug-likeness (QED) is 0.234. The fraction of sp³-hybridized carbons (Fsp3) is 0. The fourth-order valence-electron chi connectivity index (χ4n) is 6.39. The molecule has 0 aliphatic carbocycles. The smallest absolute Gasteiger partial charge is 0.168 e. The summed E-state index contributed by atoms with van der Waals surface area (Å²) >= 11 is 0. The molecule has 0 bridgehead atoms. The van der Waals surface area contributed by atoms with E-state index in [2.05, 4.69) is 156 Å². The number of benzene rings is 6. The normalized spacial score (nSPS) is 11.3. The third-order valence-corrected chi connectivity index (χ3v) is 8.25. The highest BCUT2D eigenvalue weighted by atomic mass is 15.3. The summed E-state index contributed by atoms with van der Waals surface area (Å²) in [4.78, 5) is 0. The molecule has 0 fully saturated rings. The van der Waals surface area contributed by atoms with Crippen LogP contribution in [0.25, 0.3) is 28.5 Å². The van der Waals surface area contributed by atoms with Crippen LogP contribution in [0.4, 0.5) is 0 Å². The van der Waals surface area contributed by atoms with Gasteiger partial charge in [0.05, 0.1) is 0 Å². The Morgan fingerprint density at radius 2 is 0.738 bits per heavy atom. The number of hydrogen-bond acceptors (Lipinski definition) is 2. The van der Waals surface area contributed by atoms with E-state index in [-0.39, 0.29) is 0 Å². The Bertz CT molecular complexity index is 1810. The zero-order valence-corrected chi connectivity index (χ0v) is 23.2. The molecule has 0 N–H and O–H groups in total. The maximum absolute atomic E-state index is 4.80. The summed E-state index contributed by atoms with van der Waals surface area (Å²) in [5.74, 6) is 1.62. The maximum atomic E-state index is 4.80. The number of para-hydroxylation sites is 1. The second-order valence-electron chi connectivity index (χ2n) is 10.6. The molecule has 42 heavy (non-hydrogen) atoms. The van der Waals surface area contributed by atoms with Crippen LogP contribution in [0.5, 0.6) is 0 Å². The number of hydrogen-bond donors (Lipinski definition) is 0. The Hall–Kier alpha value is -5.48. The topological polar surface area (TPSA) is 30.7 Å². The van der Waals surface area contributed by atoms with Gasteiger partial charge in [0, 0.05) is 16.8 Å². The molecule has 0 spiro atoms. The summed E-state index contributed by atoms with van der Waals surface area (Å²) in [5, 5.41) is 9.52. The van der Waals surface area contributed by atoms with Gasteiger partial charge < -0.3 is 0 Å². The molecule has 0 aliphatic rings. The fourth-order valence-corrected chi connectivity index (χ4v) is 6.39. The Morgan fingerprint density at radius 3 is 1.24 bits per heavy atom. The molecular weight excluding hydrogens is 509 g/mol. The Labute approximate surface area is 246 Å². The van der Waals surface area contributed by atoms with Crippen molar-refractivity contribution >= 4 is 28.0 Å². The van der Waals surface area contributed by atoms with Gasteiger partial charge in [0.15, 0.2) is 11.6 Å². The summed E-state index contributed by atoms with van der Waals surface area (Å²) in [6.45, 7) is 0. The standard InChI is InChI=1S/C38H29BN3/c1-6-17-30(18-7-1)37-40-41-38(42(37)36-27-14-5-15-28-36)31-19-16-26-35(29-31)39(32-20-8-2-9-21-32,33-22-10-3-11-23-33)34-24-12-4-13-25-34/h1-29H/q-1. The van der Waals surface area contributed by atoms with Crippen LogP contribution in [0.3, 0.4) is 0 Å². The second kappa shape index (κ2) is 11.2. The van der Waals surface area contributed by atoms with E-state index in [0.29, 0.717) is 0 Å². The first-order valence-corrected chi connectivity index (χ1v) is 14.3. The third-order valence-electron chi connectivity index (χ3n) is 8.25. The molecule has 3 nitrogen and oxygen atoms in total. The van der Waals surface area contributed by atoms with Crippen molar-refractivity contribution in [3.05, 3.63) is 176 Å². The van der Waals surface area contributed by atoms with Crippen LogP contribution in [-0.4, -0.2) is 20.9 Å². The lowest BCUT2D eigenvalue weighted by molar-refractivity contribution is 1.07. The lowest BCUT2D eigenvalue weighted by Gasteiger charge is -2.44. The van der Waals surface area contributed by atoms with E-state index < -0.39 is 6.15 Å². The van der Waals surface area contributed by atoms with Gasteiger partial charge in [-0.25, -0.2) is 0 Å². The lowest BCUT2D eigenvalue weighted by atomic mass is 9.13. The van der Waals surface area contributed by atoms with Crippen molar-refractivity contribution in [3.63, 3.8) is 0 Å². The van der Waals surface area contributed by atoms with Gasteiger partial charge in [-0.1, -0.05) is 164 Å². The summed E-state index contributed by atoms with van der Waals surface area (Å²) < 4.78 is 2.16. The molecular formula is C38H29BN3-. The van der Waals surface area contributed by atoms with Crippen LogP contribution >= 0.6 is 0 Å². The van der Waals surface area contributed by atoms with Crippen LogP contribution < -0.4 is 21.9 Å². The van der Waals surface area contributed by atoms with Crippen LogP contribution in [0.2, 0.25) is 0 Å².